The molecule has 3 nitrogen and oxygen atoms in total. The molecule has 2 N–H and O–H groups in total. The molecule has 0 aromatic carbocycles. The Morgan fingerprint density at radius 1 is 1.58 bits per heavy atom. The first kappa shape index (κ1) is 9.96. The Kier molecular flexibility index (Phi) is 3.09. The van der Waals surface area contributed by atoms with E-state index in [1.807, 2.05) is 6.92 Å². The second-order valence-electron chi connectivity index (χ2n) is 4.32. The van der Waals surface area contributed by atoms with Crippen LogP contribution in [-0.4, -0.2) is 42.8 Å². The minimum atomic E-state index is 0.00708. The van der Waals surface area contributed by atoms with Crippen molar-refractivity contribution in [3.63, 3.8) is 0 Å². The smallest absolute Gasteiger partial charge is 0.0753 e. The Morgan fingerprint density at radius 3 is 2.75 bits per heavy atom. The molecule has 72 valence electrons. The maximum Gasteiger partial charge on any atom is 0.0753 e. The predicted molar refractivity (Wildman–Crippen MR) is 50.1 cm³/mol. The Labute approximate surface area is 74.9 Å². The summed E-state index contributed by atoms with van der Waals surface area (Å²) in [6.07, 6.45) is 0. The van der Waals surface area contributed by atoms with Gasteiger partial charge in [-0.25, -0.2) is 0 Å². The third kappa shape index (κ3) is 3.09. The van der Waals surface area contributed by atoms with Crippen LogP contribution in [0.4, 0.5) is 0 Å². The van der Waals surface area contributed by atoms with Gasteiger partial charge in [0, 0.05) is 25.7 Å². The molecule has 1 rings (SSSR count). The summed E-state index contributed by atoms with van der Waals surface area (Å²) in [7, 11) is 0. The average Bonchev–Trinajstić information content (AvgIpc) is 1.82. The lowest BCUT2D eigenvalue weighted by Crippen LogP contribution is -2.51. The van der Waals surface area contributed by atoms with E-state index >= 15 is 0 Å². The third-order valence-electron chi connectivity index (χ3n) is 2.05. The van der Waals surface area contributed by atoms with Crippen molar-refractivity contribution in [2.24, 2.45) is 5.73 Å². The second kappa shape index (κ2) is 3.73. The molecule has 0 radical (unpaired) electrons. The lowest BCUT2D eigenvalue weighted by Gasteiger charge is -2.38. The number of hydrogen-bond donors (Lipinski definition) is 1. The van der Waals surface area contributed by atoms with E-state index in [-0.39, 0.29) is 11.6 Å². The van der Waals surface area contributed by atoms with Crippen molar-refractivity contribution in [3.8, 4) is 0 Å². The summed E-state index contributed by atoms with van der Waals surface area (Å²) in [6.45, 7) is 10.1. The molecule has 0 saturated carbocycles. The van der Waals surface area contributed by atoms with Crippen LogP contribution in [-0.2, 0) is 4.74 Å². The Morgan fingerprint density at radius 2 is 2.25 bits per heavy atom. The minimum Gasteiger partial charge on any atom is -0.373 e. The highest BCUT2D eigenvalue weighted by atomic mass is 16.5. The molecule has 1 aliphatic rings. The van der Waals surface area contributed by atoms with E-state index < -0.39 is 0 Å². The van der Waals surface area contributed by atoms with Gasteiger partial charge in [0.1, 0.15) is 0 Å². The average molecular weight is 172 g/mol. The highest BCUT2D eigenvalue weighted by molar-refractivity contribution is 4.80. The molecular formula is C9H20N2O. The number of morpholine rings is 1. The van der Waals surface area contributed by atoms with Crippen molar-refractivity contribution in [1.82, 2.24) is 4.90 Å². The van der Waals surface area contributed by atoms with Crippen molar-refractivity contribution < 1.29 is 4.74 Å². The van der Waals surface area contributed by atoms with Gasteiger partial charge in [0.2, 0.25) is 0 Å². The molecule has 1 fully saturated rings. The Balaban J connectivity index is 2.36. The van der Waals surface area contributed by atoms with Crippen LogP contribution in [0.2, 0.25) is 0 Å². The zero-order valence-electron chi connectivity index (χ0n) is 8.34. The van der Waals surface area contributed by atoms with Gasteiger partial charge in [-0.05, 0) is 20.8 Å². The summed E-state index contributed by atoms with van der Waals surface area (Å²) in [5, 5.41) is 0. The van der Waals surface area contributed by atoms with Gasteiger partial charge in [-0.2, -0.15) is 0 Å². The fraction of sp³-hybridized carbons (Fsp3) is 1.00. The van der Waals surface area contributed by atoms with E-state index in [9.17, 15) is 0 Å². The first-order chi connectivity index (χ1) is 5.49. The molecule has 1 atom stereocenters. The van der Waals surface area contributed by atoms with Crippen LogP contribution in [0, 0.1) is 0 Å². The van der Waals surface area contributed by atoms with Crippen LogP contribution < -0.4 is 5.73 Å². The third-order valence-corrected chi connectivity index (χ3v) is 2.05. The van der Waals surface area contributed by atoms with Crippen LogP contribution in [0.5, 0.6) is 0 Å². The van der Waals surface area contributed by atoms with Crippen molar-refractivity contribution in [1.29, 1.82) is 0 Å². The van der Waals surface area contributed by atoms with E-state index in [1.165, 1.54) is 0 Å². The highest BCUT2D eigenvalue weighted by Gasteiger charge is 2.26. The van der Waals surface area contributed by atoms with Crippen molar-refractivity contribution in [3.05, 3.63) is 0 Å². The molecule has 0 amide bonds. The molecule has 0 aromatic heterocycles. The number of nitrogens with two attached hydrogens (primary N) is 1. The van der Waals surface area contributed by atoms with Gasteiger partial charge in [-0.1, -0.05) is 0 Å². The number of nitrogens with zero attached hydrogens (tertiary/aromatic N) is 1. The summed E-state index contributed by atoms with van der Waals surface area (Å²) >= 11 is 0. The summed E-state index contributed by atoms with van der Waals surface area (Å²) in [6, 6.07) is 0.263. The van der Waals surface area contributed by atoms with Crippen molar-refractivity contribution in [2.45, 2.75) is 32.4 Å². The molecular weight excluding hydrogens is 152 g/mol. The largest absolute Gasteiger partial charge is 0.373 e. The lowest BCUT2D eigenvalue weighted by atomic mass is 10.1. The molecule has 1 unspecified atom stereocenters. The monoisotopic (exact) mass is 172 g/mol. The van der Waals surface area contributed by atoms with E-state index in [2.05, 4.69) is 18.7 Å². The maximum absolute atomic E-state index is 5.73. The van der Waals surface area contributed by atoms with Crippen LogP contribution in [0.25, 0.3) is 0 Å². The van der Waals surface area contributed by atoms with E-state index in [4.69, 9.17) is 10.5 Å². The lowest BCUT2D eigenvalue weighted by molar-refractivity contribution is -0.0865. The van der Waals surface area contributed by atoms with Crippen LogP contribution >= 0.6 is 0 Å². The van der Waals surface area contributed by atoms with E-state index in [1.54, 1.807) is 0 Å². The summed E-state index contributed by atoms with van der Waals surface area (Å²) in [5.41, 5.74) is 5.74. The molecule has 3 heteroatoms. The maximum atomic E-state index is 5.73. The fourth-order valence-corrected chi connectivity index (χ4v) is 1.68. The normalized spacial score (nSPS) is 27.0. The summed E-state index contributed by atoms with van der Waals surface area (Å²) in [5.74, 6) is 0. The van der Waals surface area contributed by atoms with E-state index in [0.717, 1.165) is 26.2 Å². The first-order valence-electron chi connectivity index (χ1n) is 4.61. The van der Waals surface area contributed by atoms with Crippen molar-refractivity contribution >= 4 is 0 Å². The van der Waals surface area contributed by atoms with Crippen LogP contribution in [0.1, 0.15) is 20.8 Å². The number of rotatable bonds is 2. The molecule has 0 spiro atoms. The Bertz CT molecular complexity index is 145. The molecule has 0 aliphatic carbocycles. The Hall–Kier alpha value is -0.120. The van der Waals surface area contributed by atoms with Crippen molar-refractivity contribution in [2.75, 3.05) is 26.2 Å². The van der Waals surface area contributed by atoms with Crippen LogP contribution in [0.15, 0.2) is 0 Å². The fourth-order valence-electron chi connectivity index (χ4n) is 1.68. The second-order valence-corrected chi connectivity index (χ2v) is 4.32. The zero-order valence-corrected chi connectivity index (χ0v) is 8.34. The molecule has 0 bridgehead atoms. The summed E-state index contributed by atoms with van der Waals surface area (Å²) < 4.78 is 5.59. The van der Waals surface area contributed by atoms with Gasteiger partial charge in [0.25, 0.3) is 0 Å². The van der Waals surface area contributed by atoms with Gasteiger partial charge >= 0.3 is 0 Å². The molecule has 1 aliphatic heterocycles. The van der Waals surface area contributed by atoms with Gasteiger partial charge in [0.05, 0.1) is 12.2 Å². The number of hydrogen-bond acceptors (Lipinski definition) is 3. The predicted octanol–water partition coefficient (Wildman–Crippen LogP) is 0.444. The van der Waals surface area contributed by atoms with Gasteiger partial charge in [0.15, 0.2) is 0 Å². The van der Waals surface area contributed by atoms with Crippen LogP contribution in [0.3, 0.4) is 0 Å². The van der Waals surface area contributed by atoms with Gasteiger partial charge < -0.3 is 10.5 Å². The van der Waals surface area contributed by atoms with Gasteiger partial charge in [-0.3, -0.25) is 4.90 Å². The first-order valence-corrected chi connectivity index (χ1v) is 4.61. The molecule has 1 saturated heterocycles. The number of ether oxygens (including phenoxy) is 1. The molecule has 12 heavy (non-hydrogen) atoms. The van der Waals surface area contributed by atoms with Gasteiger partial charge in [-0.15, -0.1) is 0 Å². The topological polar surface area (TPSA) is 38.5 Å². The minimum absolute atomic E-state index is 0.00708. The quantitative estimate of drug-likeness (QED) is 0.657. The van der Waals surface area contributed by atoms with E-state index in [0.29, 0.717) is 0 Å². The zero-order chi connectivity index (χ0) is 9.19. The SMILES string of the molecule is CC(N)CN1CCOC(C)(C)C1. The summed E-state index contributed by atoms with van der Waals surface area (Å²) in [4.78, 5) is 2.37. The molecule has 0 aromatic rings. The standard InChI is InChI=1S/C9H20N2O/c1-8(10)6-11-4-5-12-9(2,3)7-11/h8H,4-7,10H2,1-3H3. The highest BCUT2D eigenvalue weighted by Crippen LogP contribution is 2.15. The molecule has 1 heterocycles.